The van der Waals surface area contributed by atoms with Crippen molar-refractivity contribution >= 4 is 11.9 Å². The molecule has 1 aliphatic heterocycles. The lowest BCUT2D eigenvalue weighted by atomic mass is 9.84. The third-order valence-electron chi connectivity index (χ3n) is 3.34. The van der Waals surface area contributed by atoms with Crippen LogP contribution in [0.15, 0.2) is 0 Å². The van der Waals surface area contributed by atoms with Crippen LogP contribution < -0.4 is 5.32 Å². The van der Waals surface area contributed by atoms with Gasteiger partial charge in [0.1, 0.15) is 6.10 Å². The fourth-order valence-corrected chi connectivity index (χ4v) is 1.99. The van der Waals surface area contributed by atoms with Crippen molar-refractivity contribution in [2.45, 2.75) is 52.1 Å². The highest BCUT2D eigenvalue weighted by molar-refractivity contribution is 5.80. The summed E-state index contributed by atoms with van der Waals surface area (Å²) < 4.78 is 5.29. The molecule has 104 valence electrons. The molecule has 1 saturated heterocycles. The third-order valence-corrected chi connectivity index (χ3v) is 3.34. The Morgan fingerprint density at radius 1 is 1.39 bits per heavy atom. The minimum absolute atomic E-state index is 0.0402. The van der Waals surface area contributed by atoms with Crippen LogP contribution in [0, 0.1) is 5.41 Å². The Kier molecular flexibility index (Phi) is 5.59. The van der Waals surface area contributed by atoms with Crippen LogP contribution in [0.5, 0.6) is 0 Å². The van der Waals surface area contributed by atoms with Crippen molar-refractivity contribution in [1.82, 2.24) is 5.32 Å². The lowest BCUT2D eigenvalue weighted by molar-refractivity contribution is -0.137. The molecule has 0 aromatic carbocycles. The van der Waals surface area contributed by atoms with Gasteiger partial charge in [-0.2, -0.15) is 0 Å². The number of aliphatic carboxylic acids is 1. The number of hydrogen-bond acceptors (Lipinski definition) is 3. The van der Waals surface area contributed by atoms with E-state index in [9.17, 15) is 9.59 Å². The van der Waals surface area contributed by atoms with E-state index in [1.165, 1.54) is 0 Å². The number of carbonyl (C=O) groups is 2. The minimum Gasteiger partial charge on any atom is -0.481 e. The number of hydrogen-bond donors (Lipinski definition) is 2. The van der Waals surface area contributed by atoms with E-state index in [-0.39, 0.29) is 23.8 Å². The van der Waals surface area contributed by atoms with Gasteiger partial charge in [-0.05, 0) is 31.1 Å². The molecule has 1 atom stereocenters. The van der Waals surface area contributed by atoms with Gasteiger partial charge in [-0.15, -0.1) is 0 Å². The molecular weight excluding hydrogens is 234 g/mol. The van der Waals surface area contributed by atoms with Gasteiger partial charge in [0.05, 0.1) is 0 Å². The molecule has 0 aliphatic carbocycles. The summed E-state index contributed by atoms with van der Waals surface area (Å²) in [6, 6.07) is 0. The largest absolute Gasteiger partial charge is 0.481 e. The van der Waals surface area contributed by atoms with Crippen molar-refractivity contribution in [3.8, 4) is 0 Å². The van der Waals surface area contributed by atoms with Crippen LogP contribution in [0.2, 0.25) is 0 Å². The van der Waals surface area contributed by atoms with Crippen LogP contribution in [0.25, 0.3) is 0 Å². The number of carbonyl (C=O) groups excluding carboxylic acids is 1. The van der Waals surface area contributed by atoms with Crippen LogP contribution in [0.1, 0.15) is 46.0 Å². The molecule has 0 saturated carbocycles. The number of ether oxygens (including phenoxy) is 1. The van der Waals surface area contributed by atoms with Gasteiger partial charge in [-0.3, -0.25) is 9.59 Å². The number of nitrogens with one attached hydrogen (secondary N) is 1. The van der Waals surface area contributed by atoms with E-state index in [1.54, 1.807) is 0 Å². The number of carboxylic acid groups (broad SMARTS) is 1. The number of amides is 1. The Hall–Kier alpha value is -1.10. The Morgan fingerprint density at radius 3 is 2.67 bits per heavy atom. The van der Waals surface area contributed by atoms with Gasteiger partial charge in [0, 0.05) is 19.6 Å². The highest BCUT2D eigenvalue weighted by atomic mass is 16.5. The van der Waals surface area contributed by atoms with Gasteiger partial charge in [0.2, 0.25) is 5.91 Å². The molecule has 2 N–H and O–H groups in total. The summed E-state index contributed by atoms with van der Waals surface area (Å²) in [6.45, 7) is 5.29. The number of rotatable bonds is 7. The van der Waals surface area contributed by atoms with Gasteiger partial charge < -0.3 is 15.2 Å². The standard InChI is InChI=1S/C13H23NO4/c1-13(2,6-5-11(15)16)7-8-14-12(17)10-4-3-9-18-10/h10H,3-9H2,1-2H3,(H,14,17)(H,15,16)/t10-/m1/s1. The Labute approximate surface area is 108 Å². The monoisotopic (exact) mass is 257 g/mol. The van der Waals surface area contributed by atoms with Crippen molar-refractivity contribution in [2.24, 2.45) is 5.41 Å². The van der Waals surface area contributed by atoms with E-state index in [4.69, 9.17) is 9.84 Å². The molecule has 0 bridgehead atoms. The summed E-state index contributed by atoms with van der Waals surface area (Å²) >= 11 is 0. The SMILES string of the molecule is CC(C)(CCNC(=O)[C@H]1CCCO1)CCC(=O)O. The predicted molar refractivity (Wildman–Crippen MR) is 67.3 cm³/mol. The smallest absolute Gasteiger partial charge is 0.303 e. The lowest BCUT2D eigenvalue weighted by Gasteiger charge is -2.24. The quantitative estimate of drug-likeness (QED) is 0.725. The van der Waals surface area contributed by atoms with E-state index < -0.39 is 5.97 Å². The average Bonchev–Trinajstić information content (AvgIpc) is 2.79. The summed E-state index contributed by atoms with van der Waals surface area (Å²) in [7, 11) is 0. The second kappa shape index (κ2) is 6.73. The summed E-state index contributed by atoms with van der Waals surface area (Å²) in [5, 5.41) is 11.5. The Morgan fingerprint density at radius 2 is 2.11 bits per heavy atom. The highest BCUT2D eigenvalue weighted by Crippen LogP contribution is 2.26. The maximum absolute atomic E-state index is 11.7. The first-order valence-electron chi connectivity index (χ1n) is 6.52. The summed E-state index contributed by atoms with van der Waals surface area (Å²) in [4.78, 5) is 22.2. The zero-order valence-electron chi connectivity index (χ0n) is 11.2. The van der Waals surface area contributed by atoms with Crippen LogP contribution in [0.4, 0.5) is 0 Å². The topological polar surface area (TPSA) is 75.6 Å². The van der Waals surface area contributed by atoms with Gasteiger partial charge in [0.25, 0.3) is 0 Å². The molecule has 0 unspecified atom stereocenters. The second-order valence-corrected chi connectivity index (χ2v) is 5.60. The Bertz CT molecular complexity index is 295. The molecule has 5 nitrogen and oxygen atoms in total. The van der Waals surface area contributed by atoms with Gasteiger partial charge in [0.15, 0.2) is 0 Å². The Balaban J connectivity index is 2.19. The highest BCUT2D eigenvalue weighted by Gasteiger charge is 2.24. The van der Waals surface area contributed by atoms with E-state index in [0.29, 0.717) is 19.6 Å². The summed E-state index contributed by atoms with van der Waals surface area (Å²) in [5.74, 6) is -0.812. The van der Waals surface area contributed by atoms with Crippen molar-refractivity contribution in [2.75, 3.05) is 13.2 Å². The van der Waals surface area contributed by atoms with Crippen molar-refractivity contribution in [3.63, 3.8) is 0 Å². The molecule has 1 fully saturated rings. The van der Waals surface area contributed by atoms with Crippen molar-refractivity contribution in [3.05, 3.63) is 0 Å². The normalized spacial score (nSPS) is 19.8. The van der Waals surface area contributed by atoms with Crippen molar-refractivity contribution < 1.29 is 19.4 Å². The van der Waals surface area contributed by atoms with Crippen LogP contribution in [-0.2, 0) is 14.3 Å². The first-order chi connectivity index (χ1) is 8.41. The molecule has 1 amide bonds. The fourth-order valence-electron chi connectivity index (χ4n) is 1.99. The maximum atomic E-state index is 11.7. The molecule has 1 aliphatic rings. The van der Waals surface area contributed by atoms with Crippen LogP contribution in [-0.4, -0.2) is 36.2 Å². The van der Waals surface area contributed by atoms with E-state index in [1.807, 2.05) is 13.8 Å². The number of carboxylic acids is 1. The average molecular weight is 257 g/mol. The maximum Gasteiger partial charge on any atom is 0.303 e. The molecule has 0 spiro atoms. The van der Waals surface area contributed by atoms with Crippen molar-refractivity contribution in [1.29, 1.82) is 0 Å². The minimum atomic E-state index is -0.772. The zero-order chi connectivity index (χ0) is 13.6. The molecule has 1 heterocycles. The molecular formula is C13H23NO4. The van der Waals surface area contributed by atoms with Gasteiger partial charge >= 0.3 is 5.97 Å². The summed E-state index contributed by atoms with van der Waals surface area (Å²) in [6.07, 6.45) is 3.03. The second-order valence-electron chi connectivity index (χ2n) is 5.60. The van der Waals surface area contributed by atoms with E-state index in [2.05, 4.69) is 5.32 Å². The molecule has 18 heavy (non-hydrogen) atoms. The van der Waals surface area contributed by atoms with Crippen LogP contribution >= 0.6 is 0 Å². The fraction of sp³-hybridized carbons (Fsp3) is 0.846. The van der Waals surface area contributed by atoms with E-state index >= 15 is 0 Å². The molecule has 1 rings (SSSR count). The predicted octanol–water partition coefficient (Wildman–Crippen LogP) is 1.56. The summed E-state index contributed by atoms with van der Waals surface area (Å²) in [5.41, 5.74) is -0.0673. The first kappa shape index (κ1) is 15.0. The van der Waals surface area contributed by atoms with Gasteiger partial charge in [-0.1, -0.05) is 13.8 Å². The zero-order valence-corrected chi connectivity index (χ0v) is 11.2. The first-order valence-corrected chi connectivity index (χ1v) is 6.52. The van der Waals surface area contributed by atoms with E-state index in [0.717, 1.165) is 19.3 Å². The molecule has 0 aromatic rings. The molecule has 0 radical (unpaired) electrons. The lowest BCUT2D eigenvalue weighted by Crippen LogP contribution is -2.36. The van der Waals surface area contributed by atoms with Gasteiger partial charge in [-0.25, -0.2) is 0 Å². The molecule has 5 heteroatoms. The van der Waals surface area contributed by atoms with Crippen LogP contribution in [0.3, 0.4) is 0 Å². The third kappa shape index (κ3) is 5.49. The molecule has 0 aromatic heterocycles.